The Hall–Kier alpha value is -2.45. The number of nitro groups is 1. The Morgan fingerprint density at radius 2 is 2.20 bits per heavy atom. The smallest absolute Gasteiger partial charge is 0.390 e. The summed E-state index contributed by atoms with van der Waals surface area (Å²) in [5, 5.41) is 10.5. The quantitative estimate of drug-likeness (QED) is 0.465. The Morgan fingerprint density at radius 3 is 2.80 bits per heavy atom. The lowest BCUT2D eigenvalue weighted by molar-refractivity contribution is -0.396. The van der Waals surface area contributed by atoms with Crippen LogP contribution in [0.25, 0.3) is 11.2 Å². The van der Waals surface area contributed by atoms with Gasteiger partial charge in [-0.2, -0.15) is 4.98 Å². The Morgan fingerprint density at radius 1 is 1.53 bits per heavy atom. The second-order valence-corrected chi connectivity index (χ2v) is 2.85. The summed E-state index contributed by atoms with van der Waals surface area (Å²) < 4.78 is 1.10. The van der Waals surface area contributed by atoms with Crippen molar-refractivity contribution in [1.82, 2.24) is 19.5 Å². The maximum absolute atomic E-state index is 11.3. The minimum Gasteiger partial charge on any atom is -0.390 e. The van der Waals surface area contributed by atoms with Gasteiger partial charge in [-0.3, -0.25) is 9.78 Å². The molecule has 15 heavy (non-hydrogen) atoms. The van der Waals surface area contributed by atoms with Crippen LogP contribution in [0.2, 0.25) is 0 Å². The van der Waals surface area contributed by atoms with Gasteiger partial charge in [-0.25, -0.2) is 4.57 Å². The number of nitrogens with zero attached hydrogens (tertiary/aromatic N) is 4. The molecule has 0 aliphatic carbocycles. The van der Waals surface area contributed by atoms with Crippen LogP contribution in [0, 0.1) is 10.1 Å². The van der Waals surface area contributed by atoms with Crippen LogP contribution in [-0.4, -0.2) is 24.4 Å². The number of nitrogens with two attached hydrogens (primary N) is 1. The van der Waals surface area contributed by atoms with Crippen LogP contribution in [0.15, 0.2) is 4.79 Å². The van der Waals surface area contributed by atoms with Gasteiger partial charge in [0.15, 0.2) is 0 Å². The first kappa shape index (κ1) is 9.12. The minimum atomic E-state index is -0.697. The summed E-state index contributed by atoms with van der Waals surface area (Å²) in [4.78, 5) is 30.7. The maximum atomic E-state index is 11.3. The second-order valence-electron chi connectivity index (χ2n) is 2.85. The summed E-state index contributed by atoms with van der Waals surface area (Å²) in [6.07, 6.45) is 0. The van der Waals surface area contributed by atoms with Crippen LogP contribution < -0.4 is 11.3 Å². The third-order valence-electron chi connectivity index (χ3n) is 1.89. The zero-order chi connectivity index (χ0) is 11.2. The van der Waals surface area contributed by atoms with Crippen molar-refractivity contribution in [3.63, 3.8) is 0 Å². The van der Waals surface area contributed by atoms with E-state index in [9.17, 15) is 14.9 Å². The van der Waals surface area contributed by atoms with Crippen LogP contribution in [0.5, 0.6) is 0 Å². The summed E-state index contributed by atoms with van der Waals surface area (Å²) in [6, 6.07) is 0. The highest BCUT2D eigenvalue weighted by Crippen LogP contribution is 2.14. The van der Waals surface area contributed by atoms with Crippen LogP contribution in [0.4, 0.5) is 11.9 Å². The van der Waals surface area contributed by atoms with Crippen molar-refractivity contribution in [3.8, 4) is 0 Å². The molecule has 0 atom stereocenters. The molecular weight excluding hydrogens is 204 g/mol. The molecule has 0 bridgehead atoms. The van der Waals surface area contributed by atoms with E-state index in [2.05, 4.69) is 15.0 Å². The summed E-state index contributed by atoms with van der Waals surface area (Å²) in [7, 11) is 1.39. The number of imidazole rings is 1. The number of rotatable bonds is 1. The molecule has 2 heterocycles. The molecule has 9 heteroatoms. The van der Waals surface area contributed by atoms with E-state index in [1.54, 1.807) is 0 Å². The molecule has 2 rings (SSSR count). The van der Waals surface area contributed by atoms with Crippen LogP contribution in [0.3, 0.4) is 0 Å². The molecule has 9 nitrogen and oxygen atoms in total. The molecule has 2 aromatic rings. The van der Waals surface area contributed by atoms with E-state index >= 15 is 0 Å². The number of hydrogen-bond acceptors (Lipinski definition) is 6. The summed E-state index contributed by atoms with van der Waals surface area (Å²) in [6.45, 7) is 0. The predicted molar refractivity (Wildman–Crippen MR) is 50.2 cm³/mol. The van der Waals surface area contributed by atoms with Gasteiger partial charge in [0.1, 0.15) is 0 Å². The standard InChI is InChI=1S/C6H6N6O3/c1-11-3-2(8-6(11)12(14)15)4(13)10-5(7)9-3/h1H3,(H3,7,9,10,13). The molecule has 0 aromatic carbocycles. The Kier molecular flexibility index (Phi) is 1.68. The van der Waals surface area contributed by atoms with Gasteiger partial charge in [-0.05, 0) is 4.92 Å². The highest BCUT2D eigenvalue weighted by atomic mass is 16.6. The van der Waals surface area contributed by atoms with E-state index < -0.39 is 16.4 Å². The zero-order valence-corrected chi connectivity index (χ0v) is 7.59. The number of nitrogen functional groups attached to an aromatic ring is 1. The molecule has 0 amide bonds. The number of anilines is 1. The second kappa shape index (κ2) is 2.77. The lowest BCUT2D eigenvalue weighted by atomic mass is 10.5. The molecule has 0 radical (unpaired) electrons. The third-order valence-corrected chi connectivity index (χ3v) is 1.89. The zero-order valence-electron chi connectivity index (χ0n) is 7.59. The molecule has 78 valence electrons. The monoisotopic (exact) mass is 210 g/mol. The number of aryl methyl sites for hydroxylation is 1. The normalized spacial score (nSPS) is 10.7. The molecule has 0 aliphatic rings. The van der Waals surface area contributed by atoms with E-state index in [0.717, 1.165) is 4.57 Å². The lowest BCUT2D eigenvalue weighted by Gasteiger charge is -1.93. The van der Waals surface area contributed by atoms with Gasteiger partial charge in [0, 0.05) is 0 Å². The number of fused-ring (bicyclic) bond motifs is 1. The van der Waals surface area contributed by atoms with Crippen molar-refractivity contribution in [1.29, 1.82) is 0 Å². The number of hydrogen-bond donors (Lipinski definition) is 2. The van der Waals surface area contributed by atoms with Crippen LogP contribution in [-0.2, 0) is 7.05 Å². The van der Waals surface area contributed by atoms with Gasteiger partial charge in [-0.1, -0.05) is 4.98 Å². The van der Waals surface area contributed by atoms with Crippen LogP contribution >= 0.6 is 0 Å². The Bertz CT molecular complexity index is 611. The van der Waals surface area contributed by atoms with Crippen molar-refractivity contribution >= 4 is 23.1 Å². The Labute approximate surface area is 81.7 Å². The van der Waals surface area contributed by atoms with Crippen molar-refractivity contribution in [2.75, 3.05) is 5.73 Å². The fourth-order valence-electron chi connectivity index (χ4n) is 1.24. The molecule has 0 saturated heterocycles. The molecule has 0 fully saturated rings. The number of nitrogens with one attached hydrogen (secondary N) is 1. The van der Waals surface area contributed by atoms with Gasteiger partial charge < -0.3 is 15.8 Å². The van der Waals surface area contributed by atoms with Gasteiger partial charge in [0.05, 0.1) is 7.05 Å². The molecule has 3 N–H and O–H groups in total. The van der Waals surface area contributed by atoms with Crippen molar-refractivity contribution in [3.05, 3.63) is 20.5 Å². The van der Waals surface area contributed by atoms with Crippen molar-refractivity contribution < 1.29 is 4.92 Å². The fourth-order valence-corrected chi connectivity index (χ4v) is 1.24. The van der Waals surface area contributed by atoms with Gasteiger partial charge >= 0.3 is 5.95 Å². The summed E-state index contributed by atoms with van der Waals surface area (Å²) in [5.74, 6) is -0.556. The van der Waals surface area contributed by atoms with Crippen LogP contribution in [0.1, 0.15) is 0 Å². The first-order valence-electron chi connectivity index (χ1n) is 3.87. The van der Waals surface area contributed by atoms with Crippen molar-refractivity contribution in [2.24, 2.45) is 7.05 Å². The SMILES string of the molecule is Cn1c([N+](=O)[O-])nc2c(=O)[nH]c(N)nc21. The highest BCUT2D eigenvalue weighted by Gasteiger charge is 2.22. The average Bonchev–Trinajstić information content (AvgIpc) is 2.44. The minimum absolute atomic E-state index is 0.0861. The topological polar surface area (TPSA) is 133 Å². The molecule has 0 aliphatic heterocycles. The fraction of sp³-hybridized carbons (Fsp3) is 0.167. The van der Waals surface area contributed by atoms with Gasteiger partial charge in [0.2, 0.25) is 11.6 Å². The number of H-pyrrole nitrogens is 1. The van der Waals surface area contributed by atoms with Gasteiger partial charge in [0.25, 0.3) is 11.1 Å². The van der Waals surface area contributed by atoms with E-state index in [1.165, 1.54) is 7.05 Å². The summed E-state index contributed by atoms with van der Waals surface area (Å²) >= 11 is 0. The number of aromatic amines is 1. The molecule has 0 spiro atoms. The van der Waals surface area contributed by atoms with E-state index in [4.69, 9.17) is 5.73 Å². The Balaban J connectivity index is 2.94. The maximum Gasteiger partial charge on any atom is 0.436 e. The molecule has 0 unspecified atom stereocenters. The predicted octanol–water partition coefficient (Wildman–Crippen LogP) is -0.853. The first-order valence-corrected chi connectivity index (χ1v) is 3.87. The average molecular weight is 210 g/mol. The molecular formula is C6H6N6O3. The van der Waals surface area contributed by atoms with Crippen molar-refractivity contribution in [2.45, 2.75) is 0 Å². The van der Waals surface area contributed by atoms with Gasteiger partial charge in [-0.15, -0.1) is 0 Å². The summed E-state index contributed by atoms with van der Waals surface area (Å²) in [5.41, 5.74) is 4.69. The lowest BCUT2D eigenvalue weighted by Crippen LogP contribution is -2.11. The van der Waals surface area contributed by atoms with E-state index in [-0.39, 0.29) is 17.1 Å². The molecule has 2 aromatic heterocycles. The third kappa shape index (κ3) is 1.21. The molecule has 0 saturated carbocycles. The first-order chi connectivity index (χ1) is 7.00. The number of aromatic nitrogens is 4. The van der Waals surface area contributed by atoms with E-state index in [1.807, 2.05) is 0 Å². The largest absolute Gasteiger partial charge is 0.436 e. The van der Waals surface area contributed by atoms with E-state index in [0.29, 0.717) is 0 Å². The highest BCUT2D eigenvalue weighted by molar-refractivity contribution is 5.72.